The smallest absolute Gasteiger partial charge is 0.0743 e. The Morgan fingerprint density at radius 1 is 1.43 bits per heavy atom. The normalized spacial score (nSPS) is 20.1. The first-order valence-corrected chi connectivity index (χ1v) is 5.41. The van der Waals surface area contributed by atoms with Crippen molar-refractivity contribution in [2.24, 2.45) is 0 Å². The number of rotatable bonds is 7. The van der Waals surface area contributed by atoms with Gasteiger partial charge in [0.05, 0.1) is 11.7 Å². The van der Waals surface area contributed by atoms with Crippen LogP contribution in [-0.2, 0) is 4.74 Å². The fourth-order valence-corrected chi connectivity index (χ4v) is 1.38. The van der Waals surface area contributed by atoms with Gasteiger partial charge in [-0.15, -0.1) is 0 Å². The van der Waals surface area contributed by atoms with E-state index in [1.165, 1.54) is 0 Å². The molecule has 3 unspecified atom stereocenters. The van der Waals surface area contributed by atoms with Crippen LogP contribution < -0.4 is 5.32 Å². The highest BCUT2D eigenvalue weighted by atomic mass is 16.5. The maximum Gasteiger partial charge on any atom is 0.0743 e. The first-order valence-electron chi connectivity index (χ1n) is 5.41. The third kappa shape index (κ3) is 5.58. The first kappa shape index (κ1) is 13.9. The van der Waals surface area contributed by atoms with Gasteiger partial charge in [0, 0.05) is 19.7 Å². The topological polar surface area (TPSA) is 41.5 Å². The average Bonchev–Trinajstić information content (AvgIpc) is 2.13. The largest absolute Gasteiger partial charge is 0.389 e. The van der Waals surface area contributed by atoms with E-state index in [1.807, 2.05) is 13.8 Å². The van der Waals surface area contributed by atoms with E-state index in [4.69, 9.17) is 4.74 Å². The summed E-state index contributed by atoms with van der Waals surface area (Å²) in [6.07, 6.45) is 2.00. The molecule has 14 heavy (non-hydrogen) atoms. The molecule has 0 bridgehead atoms. The van der Waals surface area contributed by atoms with E-state index in [1.54, 1.807) is 7.11 Å². The minimum absolute atomic E-state index is 0.174. The molecule has 0 aromatic carbocycles. The van der Waals surface area contributed by atoms with Gasteiger partial charge in [-0.05, 0) is 27.2 Å². The summed E-state index contributed by atoms with van der Waals surface area (Å²) in [6.45, 7) is 8.65. The lowest BCUT2D eigenvalue weighted by molar-refractivity contribution is 0.0342. The van der Waals surface area contributed by atoms with Crippen molar-refractivity contribution in [2.75, 3.05) is 13.7 Å². The summed E-state index contributed by atoms with van der Waals surface area (Å²) in [5, 5.41) is 13.2. The Morgan fingerprint density at radius 2 is 2.00 bits per heavy atom. The Kier molecular flexibility index (Phi) is 6.33. The lowest BCUT2D eigenvalue weighted by atomic mass is 10.0. The Labute approximate surface area is 87.8 Å². The van der Waals surface area contributed by atoms with Crippen molar-refractivity contribution in [3.8, 4) is 0 Å². The predicted molar refractivity (Wildman–Crippen MR) is 59.5 cm³/mol. The molecule has 0 aliphatic carbocycles. The van der Waals surface area contributed by atoms with Crippen LogP contribution in [0.5, 0.6) is 0 Å². The van der Waals surface area contributed by atoms with Crippen molar-refractivity contribution in [3.05, 3.63) is 0 Å². The Bertz CT molecular complexity index is 148. The van der Waals surface area contributed by atoms with E-state index < -0.39 is 5.60 Å². The molecule has 0 aliphatic heterocycles. The quantitative estimate of drug-likeness (QED) is 0.659. The molecule has 0 heterocycles. The number of nitrogens with one attached hydrogen (secondary N) is 1. The van der Waals surface area contributed by atoms with Gasteiger partial charge in [-0.2, -0.15) is 0 Å². The van der Waals surface area contributed by atoms with Crippen LogP contribution >= 0.6 is 0 Å². The summed E-state index contributed by atoms with van der Waals surface area (Å²) in [5.41, 5.74) is -0.601. The van der Waals surface area contributed by atoms with E-state index in [0.29, 0.717) is 6.54 Å². The molecule has 3 heteroatoms. The van der Waals surface area contributed by atoms with Gasteiger partial charge < -0.3 is 15.2 Å². The van der Waals surface area contributed by atoms with Crippen molar-refractivity contribution >= 4 is 0 Å². The van der Waals surface area contributed by atoms with E-state index in [9.17, 15) is 5.11 Å². The molecule has 0 amide bonds. The fourth-order valence-electron chi connectivity index (χ4n) is 1.38. The highest BCUT2D eigenvalue weighted by Gasteiger charge is 2.20. The van der Waals surface area contributed by atoms with E-state index in [2.05, 4.69) is 19.2 Å². The maximum atomic E-state index is 9.91. The van der Waals surface area contributed by atoms with Crippen LogP contribution in [0.3, 0.4) is 0 Å². The minimum atomic E-state index is -0.601. The standard InChI is InChI=1S/C11H25NO2/c1-6-7-11(4,13)8-12-9(2)10(3)14-5/h9-10,12-13H,6-8H2,1-5H3. The lowest BCUT2D eigenvalue weighted by Gasteiger charge is -2.27. The van der Waals surface area contributed by atoms with Gasteiger partial charge in [-0.1, -0.05) is 13.3 Å². The fraction of sp³-hybridized carbons (Fsp3) is 1.00. The van der Waals surface area contributed by atoms with Gasteiger partial charge >= 0.3 is 0 Å². The highest BCUT2D eigenvalue weighted by molar-refractivity contribution is 4.78. The summed E-state index contributed by atoms with van der Waals surface area (Å²) in [5.74, 6) is 0. The molecule has 0 aromatic rings. The summed E-state index contributed by atoms with van der Waals surface area (Å²) >= 11 is 0. The predicted octanol–water partition coefficient (Wildman–Crippen LogP) is 1.55. The summed E-state index contributed by atoms with van der Waals surface area (Å²) in [7, 11) is 1.70. The number of ether oxygens (including phenoxy) is 1. The van der Waals surface area contributed by atoms with Crippen LogP contribution in [0.1, 0.15) is 40.5 Å². The second kappa shape index (κ2) is 6.38. The van der Waals surface area contributed by atoms with Crippen molar-refractivity contribution in [1.29, 1.82) is 0 Å². The molecule has 0 saturated carbocycles. The van der Waals surface area contributed by atoms with Crippen LogP contribution in [-0.4, -0.2) is 36.5 Å². The summed E-state index contributed by atoms with van der Waals surface area (Å²) in [4.78, 5) is 0. The van der Waals surface area contributed by atoms with E-state index in [-0.39, 0.29) is 12.1 Å². The van der Waals surface area contributed by atoms with Gasteiger partial charge in [-0.3, -0.25) is 0 Å². The van der Waals surface area contributed by atoms with Crippen molar-refractivity contribution in [3.63, 3.8) is 0 Å². The molecular formula is C11H25NO2. The van der Waals surface area contributed by atoms with Crippen molar-refractivity contribution < 1.29 is 9.84 Å². The Hall–Kier alpha value is -0.120. The third-order valence-electron chi connectivity index (χ3n) is 2.67. The average molecular weight is 203 g/mol. The molecule has 2 N–H and O–H groups in total. The lowest BCUT2D eigenvalue weighted by Crippen LogP contribution is -2.45. The van der Waals surface area contributed by atoms with Crippen molar-refractivity contribution in [1.82, 2.24) is 5.32 Å². The monoisotopic (exact) mass is 203 g/mol. The molecule has 0 aliphatic rings. The molecular weight excluding hydrogens is 178 g/mol. The number of aliphatic hydroxyl groups is 1. The molecule has 0 aromatic heterocycles. The molecule has 0 spiro atoms. The van der Waals surface area contributed by atoms with Gasteiger partial charge in [0.25, 0.3) is 0 Å². The third-order valence-corrected chi connectivity index (χ3v) is 2.67. The SMILES string of the molecule is CCCC(C)(O)CNC(C)C(C)OC. The zero-order valence-corrected chi connectivity index (χ0v) is 10.1. The molecule has 0 radical (unpaired) electrons. The minimum Gasteiger partial charge on any atom is -0.389 e. The second-order valence-corrected chi connectivity index (χ2v) is 4.36. The molecule has 0 saturated heterocycles. The van der Waals surface area contributed by atoms with Gasteiger partial charge in [0.15, 0.2) is 0 Å². The Morgan fingerprint density at radius 3 is 2.43 bits per heavy atom. The van der Waals surface area contributed by atoms with Crippen LogP contribution in [0.2, 0.25) is 0 Å². The molecule has 3 atom stereocenters. The number of hydrogen-bond acceptors (Lipinski definition) is 3. The summed E-state index contributed by atoms with van der Waals surface area (Å²) in [6, 6.07) is 0.267. The van der Waals surface area contributed by atoms with Crippen LogP contribution in [0, 0.1) is 0 Å². The molecule has 86 valence electrons. The number of hydrogen-bond donors (Lipinski definition) is 2. The van der Waals surface area contributed by atoms with Gasteiger partial charge in [-0.25, -0.2) is 0 Å². The number of methoxy groups -OCH3 is 1. The van der Waals surface area contributed by atoms with Crippen LogP contribution in [0.25, 0.3) is 0 Å². The zero-order chi connectivity index (χ0) is 11.2. The molecule has 3 nitrogen and oxygen atoms in total. The maximum absolute atomic E-state index is 9.91. The highest BCUT2D eigenvalue weighted by Crippen LogP contribution is 2.10. The van der Waals surface area contributed by atoms with Crippen LogP contribution in [0.4, 0.5) is 0 Å². The molecule has 0 rings (SSSR count). The first-order chi connectivity index (χ1) is 6.43. The second-order valence-electron chi connectivity index (χ2n) is 4.36. The van der Waals surface area contributed by atoms with Gasteiger partial charge in [0.1, 0.15) is 0 Å². The Balaban J connectivity index is 3.80. The van der Waals surface area contributed by atoms with Crippen molar-refractivity contribution in [2.45, 2.75) is 58.3 Å². The van der Waals surface area contributed by atoms with Gasteiger partial charge in [0.2, 0.25) is 0 Å². The van der Waals surface area contributed by atoms with E-state index >= 15 is 0 Å². The van der Waals surface area contributed by atoms with E-state index in [0.717, 1.165) is 12.8 Å². The summed E-state index contributed by atoms with van der Waals surface area (Å²) < 4.78 is 5.19. The molecule has 0 fully saturated rings. The van der Waals surface area contributed by atoms with Crippen LogP contribution in [0.15, 0.2) is 0 Å². The zero-order valence-electron chi connectivity index (χ0n) is 10.1.